The Bertz CT molecular complexity index is 1010. The van der Waals surface area contributed by atoms with Gasteiger partial charge in [0.1, 0.15) is 17.3 Å². The Balaban J connectivity index is 1.73. The van der Waals surface area contributed by atoms with Crippen molar-refractivity contribution < 1.29 is 18.4 Å². The third-order valence-corrected chi connectivity index (χ3v) is 4.24. The molecule has 2 heterocycles. The largest absolute Gasteiger partial charge is 0.467 e. The maximum absolute atomic E-state index is 13.2. The molecular weight excluding hydrogens is 347 g/mol. The maximum atomic E-state index is 13.2. The van der Waals surface area contributed by atoms with Crippen molar-refractivity contribution in [3.8, 4) is 0 Å². The molecule has 0 spiro atoms. The second-order valence-electron chi connectivity index (χ2n) is 6.02. The Labute approximate surface area is 154 Å². The molecule has 4 rings (SSSR count). The number of hydrogen-bond donors (Lipinski definition) is 1. The molecule has 0 aliphatic carbocycles. The van der Waals surface area contributed by atoms with Gasteiger partial charge in [-0.25, -0.2) is 4.39 Å². The second kappa shape index (κ2) is 6.92. The molecule has 1 N–H and O–H groups in total. The molecule has 5 nitrogen and oxygen atoms in total. The lowest BCUT2D eigenvalue weighted by atomic mass is 10.0. The van der Waals surface area contributed by atoms with Crippen LogP contribution in [-0.2, 0) is 16.1 Å². The summed E-state index contributed by atoms with van der Waals surface area (Å²) in [5.41, 5.74) is 1.57. The zero-order chi connectivity index (χ0) is 18.8. The fraction of sp³-hybridized carbons (Fsp3) is 0.0476. The molecule has 0 saturated carbocycles. The first-order valence-corrected chi connectivity index (χ1v) is 8.34. The van der Waals surface area contributed by atoms with Crippen LogP contribution in [0, 0.1) is 5.82 Å². The van der Waals surface area contributed by atoms with Crippen molar-refractivity contribution in [3.05, 3.63) is 95.8 Å². The zero-order valence-electron chi connectivity index (χ0n) is 14.2. The Morgan fingerprint density at radius 1 is 0.889 bits per heavy atom. The molecule has 1 aliphatic rings. The van der Waals surface area contributed by atoms with Gasteiger partial charge in [0, 0.05) is 5.69 Å². The first-order chi connectivity index (χ1) is 13.1. The van der Waals surface area contributed by atoms with Crippen LogP contribution in [0.15, 0.2) is 83.1 Å². The van der Waals surface area contributed by atoms with Crippen LogP contribution in [0.3, 0.4) is 0 Å². The van der Waals surface area contributed by atoms with E-state index >= 15 is 0 Å². The number of carbonyl (C=O) groups is 2. The van der Waals surface area contributed by atoms with E-state index in [9.17, 15) is 14.0 Å². The molecule has 2 amide bonds. The molecule has 1 aliphatic heterocycles. The molecule has 1 aromatic heterocycles. The molecule has 6 heteroatoms. The molecule has 0 fully saturated rings. The third kappa shape index (κ3) is 3.25. The average Bonchev–Trinajstić information content (AvgIpc) is 3.27. The van der Waals surface area contributed by atoms with Crippen molar-refractivity contribution in [3.63, 3.8) is 0 Å². The number of nitrogens with one attached hydrogen (secondary N) is 1. The highest BCUT2D eigenvalue weighted by atomic mass is 19.1. The van der Waals surface area contributed by atoms with Gasteiger partial charge in [-0.05, 0) is 42.0 Å². The van der Waals surface area contributed by atoms with Crippen molar-refractivity contribution in [2.75, 3.05) is 5.32 Å². The molecule has 0 radical (unpaired) electrons. The first-order valence-electron chi connectivity index (χ1n) is 8.34. The van der Waals surface area contributed by atoms with Gasteiger partial charge in [-0.15, -0.1) is 0 Å². The van der Waals surface area contributed by atoms with Gasteiger partial charge in [0.05, 0.1) is 18.4 Å². The minimum absolute atomic E-state index is 0.0373. The smallest absolute Gasteiger partial charge is 0.278 e. The summed E-state index contributed by atoms with van der Waals surface area (Å²) in [5, 5.41) is 2.98. The van der Waals surface area contributed by atoms with Gasteiger partial charge in [0.25, 0.3) is 11.8 Å². The summed E-state index contributed by atoms with van der Waals surface area (Å²) < 4.78 is 18.4. The number of anilines is 1. The number of amides is 2. The molecular formula is C21H15FN2O3. The van der Waals surface area contributed by atoms with Gasteiger partial charge in [0.2, 0.25) is 0 Å². The van der Waals surface area contributed by atoms with E-state index in [4.69, 9.17) is 4.42 Å². The van der Waals surface area contributed by atoms with E-state index < -0.39 is 11.8 Å². The molecule has 0 unspecified atom stereocenters. The van der Waals surface area contributed by atoms with Crippen LogP contribution in [0.1, 0.15) is 11.3 Å². The monoisotopic (exact) mass is 362 g/mol. The summed E-state index contributed by atoms with van der Waals surface area (Å²) in [6, 6.07) is 18.0. The van der Waals surface area contributed by atoms with Crippen LogP contribution >= 0.6 is 0 Å². The van der Waals surface area contributed by atoms with Crippen molar-refractivity contribution in [2.45, 2.75) is 6.54 Å². The number of furan rings is 1. The van der Waals surface area contributed by atoms with Crippen LogP contribution < -0.4 is 5.32 Å². The summed E-state index contributed by atoms with van der Waals surface area (Å²) in [6.45, 7) is 0.0373. The summed E-state index contributed by atoms with van der Waals surface area (Å²) in [6.07, 6.45) is 1.49. The number of carbonyl (C=O) groups excluding carboxylic acids is 2. The van der Waals surface area contributed by atoms with Crippen LogP contribution in [0.2, 0.25) is 0 Å². The molecule has 0 saturated heterocycles. The van der Waals surface area contributed by atoms with E-state index in [1.54, 1.807) is 36.4 Å². The van der Waals surface area contributed by atoms with E-state index in [1.165, 1.54) is 30.5 Å². The lowest BCUT2D eigenvalue weighted by Crippen LogP contribution is -2.31. The van der Waals surface area contributed by atoms with Gasteiger partial charge in [-0.2, -0.15) is 0 Å². The summed E-state index contributed by atoms with van der Waals surface area (Å²) in [4.78, 5) is 27.1. The molecule has 27 heavy (non-hydrogen) atoms. The topological polar surface area (TPSA) is 62.6 Å². The maximum Gasteiger partial charge on any atom is 0.278 e. The van der Waals surface area contributed by atoms with E-state index in [-0.39, 0.29) is 23.6 Å². The number of hydrogen-bond acceptors (Lipinski definition) is 4. The van der Waals surface area contributed by atoms with Crippen LogP contribution in [-0.4, -0.2) is 16.7 Å². The minimum Gasteiger partial charge on any atom is -0.467 e. The number of halogens is 1. The summed E-state index contributed by atoms with van der Waals surface area (Å²) in [5.74, 6) is -0.745. The van der Waals surface area contributed by atoms with Gasteiger partial charge in [0.15, 0.2) is 0 Å². The number of rotatable bonds is 5. The standard InChI is InChI=1S/C21H15FN2O3/c22-15-8-10-16(11-9-15)23-19-18(14-5-2-1-3-6-14)20(25)24(21(19)26)13-17-7-4-12-27-17/h1-12,23H,13H2. The van der Waals surface area contributed by atoms with Crippen molar-refractivity contribution in [2.24, 2.45) is 0 Å². The van der Waals surface area contributed by atoms with Gasteiger partial charge >= 0.3 is 0 Å². The van der Waals surface area contributed by atoms with E-state index in [1.807, 2.05) is 6.07 Å². The van der Waals surface area contributed by atoms with Gasteiger partial charge in [-0.1, -0.05) is 30.3 Å². The van der Waals surface area contributed by atoms with Crippen LogP contribution in [0.25, 0.3) is 5.57 Å². The highest BCUT2D eigenvalue weighted by Crippen LogP contribution is 2.31. The van der Waals surface area contributed by atoms with Gasteiger partial charge in [-0.3, -0.25) is 14.5 Å². The molecule has 2 aromatic carbocycles. The molecule has 134 valence electrons. The second-order valence-corrected chi connectivity index (χ2v) is 6.02. The predicted molar refractivity (Wildman–Crippen MR) is 97.6 cm³/mol. The van der Waals surface area contributed by atoms with Crippen molar-refractivity contribution in [1.29, 1.82) is 0 Å². The van der Waals surface area contributed by atoms with Crippen LogP contribution in [0.4, 0.5) is 10.1 Å². The average molecular weight is 362 g/mol. The molecule has 0 atom stereocenters. The number of nitrogens with zero attached hydrogens (tertiary/aromatic N) is 1. The fourth-order valence-electron chi connectivity index (χ4n) is 2.94. The Kier molecular flexibility index (Phi) is 4.30. The third-order valence-electron chi connectivity index (χ3n) is 4.24. The summed E-state index contributed by atoms with van der Waals surface area (Å²) in [7, 11) is 0. The highest BCUT2D eigenvalue weighted by Gasteiger charge is 2.39. The van der Waals surface area contributed by atoms with Crippen molar-refractivity contribution in [1.82, 2.24) is 4.90 Å². The van der Waals surface area contributed by atoms with E-state index in [0.29, 0.717) is 17.0 Å². The number of benzene rings is 2. The SMILES string of the molecule is O=C1C(Nc2ccc(F)cc2)=C(c2ccccc2)C(=O)N1Cc1ccco1. The number of imide groups is 1. The molecule has 3 aromatic rings. The van der Waals surface area contributed by atoms with E-state index in [0.717, 1.165) is 4.90 Å². The Morgan fingerprint density at radius 2 is 1.63 bits per heavy atom. The van der Waals surface area contributed by atoms with Gasteiger partial charge < -0.3 is 9.73 Å². The zero-order valence-corrected chi connectivity index (χ0v) is 14.2. The van der Waals surface area contributed by atoms with E-state index in [2.05, 4.69) is 5.32 Å². The highest BCUT2D eigenvalue weighted by molar-refractivity contribution is 6.36. The lowest BCUT2D eigenvalue weighted by molar-refractivity contribution is -0.137. The van der Waals surface area contributed by atoms with Crippen LogP contribution in [0.5, 0.6) is 0 Å². The normalized spacial score (nSPS) is 14.2. The Morgan fingerprint density at radius 3 is 2.30 bits per heavy atom. The fourth-order valence-corrected chi connectivity index (χ4v) is 2.94. The predicted octanol–water partition coefficient (Wildman–Crippen LogP) is 3.81. The lowest BCUT2D eigenvalue weighted by Gasteiger charge is -2.13. The quantitative estimate of drug-likeness (QED) is 0.701. The summed E-state index contributed by atoms with van der Waals surface area (Å²) >= 11 is 0. The molecule has 0 bridgehead atoms. The minimum atomic E-state index is -0.459. The Hall–Kier alpha value is -3.67. The first kappa shape index (κ1) is 16.8. The van der Waals surface area contributed by atoms with Crippen molar-refractivity contribution >= 4 is 23.1 Å².